The van der Waals surface area contributed by atoms with Crippen LogP contribution in [0, 0.1) is 26.9 Å². The molecule has 0 aliphatic heterocycles. The molecule has 8 nitrogen and oxygen atoms in total. The van der Waals surface area contributed by atoms with Crippen LogP contribution in [-0.2, 0) is 10.0 Å². The number of anilines is 1. The largest absolute Gasteiger partial charge is 0.284 e. The number of fused-ring (bicyclic) bond motifs is 2. The van der Waals surface area contributed by atoms with E-state index < -0.39 is 20.4 Å². The van der Waals surface area contributed by atoms with Crippen molar-refractivity contribution in [2.75, 3.05) is 10.5 Å². The van der Waals surface area contributed by atoms with E-state index >= 15 is 0 Å². The number of nitrogens with zero attached hydrogens (tertiary/aromatic N) is 3. The second kappa shape index (κ2) is 8.12. The molecule has 0 saturated heterocycles. The highest BCUT2D eigenvalue weighted by molar-refractivity contribution is 7.92. The predicted octanol–water partition coefficient (Wildman–Crippen LogP) is 4.64. The third kappa shape index (κ3) is 4.04. The Kier molecular flexibility index (Phi) is 5.62. The minimum atomic E-state index is -3.60. The Balaban J connectivity index is 1.58. The summed E-state index contributed by atoms with van der Waals surface area (Å²) in [7, 11) is -3.60. The molecule has 0 amide bonds. The van der Waals surface area contributed by atoms with Crippen LogP contribution in [0.1, 0.15) is 38.7 Å². The normalized spacial score (nSPS) is 25.4. The summed E-state index contributed by atoms with van der Waals surface area (Å²) in [5, 5.41) is 19.5. The lowest BCUT2D eigenvalue weighted by molar-refractivity contribution is -0.384. The van der Waals surface area contributed by atoms with Crippen molar-refractivity contribution in [3.63, 3.8) is 0 Å². The molecule has 4 rings (SSSR count). The summed E-state index contributed by atoms with van der Waals surface area (Å²) in [6.07, 6.45) is 4.00. The second-order valence-electron chi connectivity index (χ2n) is 9.11. The lowest BCUT2D eigenvalue weighted by Crippen LogP contribution is -2.43. The zero-order chi connectivity index (χ0) is 23.0. The number of hydrogen-bond donors (Lipinski definition) is 1. The quantitative estimate of drug-likeness (QED) is 0.373. The minimum absolute atomic E-state index is 0.0124. The average molecular weight is 455 g/mol. The van der Waals surface area contributed by atoms with Gasteiger partial charge in [0.1, 0.15) is 0 Å². The minimum Gasteiger partial charge on any atom is -0.284 e. The lowest BCUT2D eigenvalue weighted by Gasteiger charge is -2.37. The van der Waals surface area contributed by atoms with Crippen molar-refractivity contribution in [2.45, 2.75) is 33.1 Å². The van der Waals surface area contributed by atoms with Crippen molar-refractivity contribution in [2.24, 2.45) is 27.0 Å². The van der Waals surface area contributed by atoms with Gasteiger partial charge in [0.05, 0.1) is 16.9 Å². The zero-order valence-electron chi connectivity index (χ0n) is 18.1. The molecule has 0 unspecified atom stereocenters. The summed E-state index contributed by atoms with van der Waals surface area (Å²) in [6.45, 7) is 4.26. The number of hydrogen-bond acceptors (Lipinski definition) is 6. The fourth-order valence-corrected chi connectivity index (χ4v) is 7.07. The van der Waals surface area contributed by atoms with Crippen LogP contribution >= 0.6 is 0 Å². The van der Waals surface area contributed by atoms with E-state index in [9.17, 15) is 18.5 Å². The Morgan fingerprint density at radius 1 is 1.16 bits per heavy atom. The van der Waals surface area contributed by atoms with Gasteiger partial charge in [-0.25, -0.2) is 8.42 Å². The molecule has 9 heteroatoms. The number of nitro benzene ring substituents is 1. The summed E-state index contributed by atoms with van der Waals surface area (Å²) < 4.78 is 28.9. The second-order valence-corrected chi connectivity index (χ2v) is 10.8. The smallest absolute Gasteiger partial charge is 0.269 e. The molecule has 2 aliphatic carbocycles. The van der Waals surface area contributed by atoms with Gasteiger partial charge in [0.25, 0.3) is 5.69 Å². The van der Waals surface area contributed by atoms with Crippen LogP contribution in [0.15, 0.2) is 64.8 Å². The van der Waals surface area contributed by atoms with Crippen LogP contribution in [0.5, 0.6) is 0 Å². The number of benzene rings is 2. The van der Waals surface area contributed by atoms with Crippen LogP contribution < -0.4 is 4.72 Å². The van der Waals surface area contributed by atoms with Crippen LogP contribution in [0.4, 0.5) is 11.4 Å². The fraction of sp³-hybridized carbons (Fsp3) is 0.391. The van der Waals surface area contributed by atoms with Gasteiger partial charge in [0.15, 0.2) is 0 Å². The Labute approximate surface area is 187 Å². The Morgan fingerprint density at radius 2 is 1.84 bits per heavy atom. The van der Waals surface area contributed by atoms with Crippen molar-refractivity contribution in [3.8, 4) is 0 Å². The first kappa shape index (κ1) is 22.1. The standard InChI is InChI=1S/C23H26N4O4S/c1-22(2)18-12-13-23(22,16-32(30,31)26-19-6-4-3-5-7-19)21(14-18)25-24-15-17-8-10-20(11-9-17)27(28)29/h3-11,15,18,26H,12-14,16H2,1-2H3/b24-15-,25-21-/t18-,23-/m1/s1. The monoisotopic (exact) mass is 454 g/mol. The van der Waals surface area contributed by atoms with E-state index in [1.54, 1.807) is 42.6 Å². The molecule has 32 heavy (non-hydrogen) atoms. The van der Waals surface area contributed by atoms with Gasteiger partial charge < -0.3 is 0 Å². The molecule has 0 radical (unpaired) electrons. The maximum atomic E-state index is 13.1. The molecule has 0 spiro atoms. The van der Waals surface area contributed by atoms with E-state index in [0.29, 0.717) is 17.2 Å². The maximum Gasteiger partial charge on any atom is 0.269 e. The van der Waals surface area contributed by atoms with Gasteiger partial charge >= 0.3 is 0 Å². The van der Waals surface area contributed by atoms with Crippen molar-refractivity contribution in [3.05, 3.63) is 70.3 Å². The lowest BCUT2D eigenvalue weighted by atomic mass is 9.70. The van der Waals surface area contributed by atoms with Crippen LogP contribution in [-0.4, -0.2) is 31.0 Å². The van der Waals surface area contributed by atoms with E-state index in [-0.39, 0.29) is 16.9 Å². The number of rotatable bonds is 7. The molecule has 168 valence electrons. The van der Waals surface area contributed by atoms with Crippen molar-refractivity contribution < 1.29 is 13.3 Å². The molecule has 0 aromatic heterocycles. The van der Waals surface area contributed by atoms with E-state index in [0.717, 1.165) is 25.0 Å². The van der Waals surface area contributed by atoms with Crippen LogP contribution in [0.2, 0.25) is 0 Å². The number of nitro groups is 1. The number of para-hydroxylation sites is 1. The summed E-state index contributed by atoms with van der Waals surface area (Å²) >= 11 is 0. The third-order valence-corrected chi connectivity index (χ3v) is 8.56. The van der Waals surface area contributed by atoms with Crippen molar-refractivity contribution in [1.29, 1.82) is 0 Å². The first-order valence-electron chi connectivity index (χ1n) is 10.5. The molecule has 2 bridgehead atoms. The van der Waals surface area contributed by atoms with E-state index in [4.69, 9.17) is 0 Å². The molecular weight excluding hydrogens is 428 g/mol. The maximum absolute atomic E-state index is 13.1. The molecule has 0 heterocycles. The van der Waals surface area contributed by atoms with Gasteiger partial charge in [-0.05, 0) is 60.4 Å². The van der Waals surface area contributed by atoms with Crippen molar-refractivity contribution >= 4 is 33.3 Å². The number of nitrogens with one attached hydrogen (secondary N) is 1. The first-order valence-corrected chi connectivity index (χ1v) is 12.2. The SMILES string of the molecule is CC1(C)[C@@H]2CC[C@@]1(CS(=O)(=O)Nc1ccccc1)/C(=N\N=C/c1ccc([N+](=O)[O-])cc1)C2. The molecule has 2 aromatic carbocycles. The third-order valence-electron chi connectivity index (χ3n) is 7.14. The van der Waals surface area contributed by atoms with Crippen LogP contribution in [0.25, 0.3) is 0 Å². The fourth-order valence-electron chi connectivity index (χ4n) is 5.17. The molecule has 2 aliphatic rings. The highest BCUT2D eigenvalue weighted by Crippen LogP contribution is 2.64. The molecule has 2 aromatic rings. The van der Waals surface area contributed by atoms with E-state index in [1.165, 1.54) is 12.1 Å². The average Bonchev–Trinajstić information content (AvgIpc) is 3.09. The van der Waals surface area contributed by atoms with Crippen LogP contribution in [0.3, 0.4) is 0 Å². The van der Waals surface area contributed by atoms with Gasteiger partial charge in [-0.3, -0.25) is 14.8 Å². The molecule has 2 atom stereocenters. The molecule has 2 fully saturated rings. The van der Waals surface area contributed by atoms with Gasteiger partial charge in [0.2, 0.25) is 10.0 Å². The number of non-ortho nitro benzene ring substituents is 1. The zero-order valence-corrected chi connectivity index (χ0v) is 18.9. The highest BCUT2D eigenvalue weighted by Gasteiger charge is 2.64. The predicted molar refractivity (Wildman–Crippen MR) is 126 cm³/mol. The van der Waals surface area contributed by atoms with E-state index in [2.05, 4.69) is 28.8 Å². The highest BCUT2D eigenvalue weighted by atomic mass is 32.2. The van der Waals surface area contributed by atoms with Crippen molar-refractivity contribution in [1.82, 2.24) is 0 Å². The topological polar surface area (TPSA) is 114 Å². The number of sulfonamides is 1. The summed E-state index contributed by atoms with van der Waals surface area (Å²) in [6, 6.07) is 14.9. The summed E-state index contributed by atoms with van der Waals surface area (Å²) in [4.78, 5) is 10.3. The Bertz CT molecular complexity index is 1170. The molecule has 2 saturated carbocycles. The molecule has 1 N–H and O–H groups in total. The molecular formula is C23H26N4O4S. The van der Waals surface area contributed by atoms with E-state index in [1.807, 2.05) is 6.07 Å². The van der Waals surface area contributed by atoms with Gasteiger partial charge in [-0.1, -0.05) is 32.0 Å². The van der Waals surface area contributed by atoms with Gasteiger partial charge in [-0.2, -0.15) is 10.2 Å². The Morgan fingerprint density at radius 3 is 2.47 bits per heavy atom. The van der Waals surface area contributed by atoms with Gasteiger partial charge in [0, 0.05) is 28.9 Å². The summed E-state index contributed by atoms with van der Waals surface area (Å²) in [5.74, 6) is 0.326. The first-order chi connectivity index (χ1) is 15.1. The van der Waals surface area contributed by atoms with Gasteiger partial charge in [-0.15, -0.1) is 0 Å². The Hall–Kier alpha value is -3.07. The summed E-state index contributed by atoms with van der Waals surface area (Å²) in [5.41, 5.74) is 1.28.